The first-order chi connectivity index (χ1) is 19.0. The Morgan fingerprint density at radius 1 is 0.925 bits per heavy atom. The van der Waals surface area contributed by atoms with Crippen molar-refractivity contribution in [3.8, 4) is 0 Å². The number of pyridine rings is 1. The minimum atomic E-state index is 0. The third-order valence-corrected chi connectivity index (χ3v) is 8.74. The second-order valence-corrected chi connectivity index (χ2v) is 11.0. The molecule has 3 aromatic carbocycles. The van der Waals surface area contributed by atoms with Gasteiger partial charge in [-0.25, -0.2) is 0 Å². The Morgan fingerprint density at radius 2 is 1.62 bits per heavy atom. The Hall–Kier alpha value is -3.05. The molecule has 0 fully saturated rings. The molecule has 0 spiro atoms. The summed E-state index contributed by atoms with van der Waals surface area (Å²) in [5.41, 5.74) is 3.82. The summed E-state index contributed by atoms with van der Waals surface area (Å²) in [6.45, 7) is 8.07. The summed E-state index contributed by atoms with van der Waals surface area (Å²) in [6, 6.07) is 24.0. The summed E-state index contributed by atoms with van der Waals surface area (Å²) >= 11 is 1.76. The Labute approximate surface area is 252 Å². The first kappa shape index (κ1) is 29.9. The Kier molecular flexibility index (Phi) is 9.78. The molecule has 209 valence electrons. The van der Waals surface area contributed by atoms with Crippen molar-refractivity contribution in [2.45, 2.75) is 53.4 Å². The zero-order valence-corrected chi connectivity index (χ0v) is 26.5. The topological polar surface area (TPSA) is 63.3 Å². The molecule has 6 heteroatoms. The van der Waals surface area contributed by atoms with Crippen LogP contribution < -0.4 is 0 Å². The van der Waals surface area contributed by atoms with Crippen LogP contribution in [0.2, 0.25) is 0 Å². The molecular weight excluding hydrogens is 695 g/mol. The molecular formula is C34H34IrNO3S-. The van der Waals surface area contributed by atoms with Crippen molar-refractivity contribution >= 4 is 70.3 Å². The minimum absolute atomic E-state index is 0. The van der Waals surface area contributed by atoms with Gasteiger partial charge in [-0.3, -0.25) is 9.78 Å². The van der Waals surface area contributed by atoms with Gasteiger partial charge in [-0.1, -0.05) is 63.4 Å². The van der Waals surface area contributed by atoms with E-state index in [2.05, 4.69) is 42.5 Å². The van der Waals surface area contributed by atoms with Gasteiger partial charge in [-0.2, -0.15) is 0 Å². The van der Waals surface area contributed by atoms with Crippen LogP contribution in [0.4, 0.5) is 0 Å². The quantitative estimate of drug-likeness (QED) is 0.101. The van der Waals surface area contributed by atoms with Crippen LogP contribution in [0.3, 0.4) is 0 Å². The molecule has 0 bridgehead atoms. The van der Waals surface area contributed by atoms with Gasteiger partial charge in [0.15, 0.2) is 5.78 Å². The van der Waals surface area contributed by atoms with E-state index in [4.69, 9.17) is 9.40 Å². The van der Waals surface area contributed by atoms with Gasteiger partial charge >= 0.3 is 0 Å². The number of aliphatic hydroxyl groups excluding tert-OH is 1. The predicted molar refractivity (Wildman–Crippen MR) is 165 cm³/mol. The molecule has 40 heavy (non-hydrogen) atoms. The standard InChI is InChI=1S/C21H10NOS.C13H24O2.Ir/c1-2-7-14-12(5-1)11-18-21(22-14)13-6-3-8-15-19(13)20-16(23-15)9-4-10-17(20)24-18;1-5-10(6-2)12(14)9-13(15)11(7-3)8-4;/h1-5,7-11H;9-11,14H,5-8H2,1-4H3;/q-1;;/b;12-9-;. The number of hydrogen-bond donors (Lipinski definition) is 1. The van der Waals surface area contributed by atoms with Crippen molar-refractivity contribution in [3.63, 3.8) is 0 Å². The van der Waals surface area contributed by atoms with Crippen molar-refractivity contribution in [1.29, 1.82) is 0 Å². The number of benzene rings is 3. The average Bonchev–Trinajstić information content (AvgIpc) is 3.27. The molecule has 6 aromatic rings. The molecule has 4 nitrogen and oxygen atoms in total. The third-order valence-electron chi connectivity index (χ3n) is 7.64. The number of para-hydroxylation sites is 1. The Bertz CT molecular complexity index is 1810. The Morgan fingerprint density at radius 3 is 2.35 bits per heavy atom. The van der Waals surface area contributed by atoms with Gasteiger partial charge in [-0.15, -0.1) is 28.9 Å². The number of rotatable bonds is 7. The Balaban J connectivity index is 0.000000204. The predicted octanol–water partition coefficient (Wildman–Crippen LogP) is 10.2. The number of ketones is 1. The van der Waals surface area contributed by atoms with E-state index < -0.39 is 0 Å². The molecule has 6 rings (SSSR count). The molecule has 0 saturated carbocycles. The van der Waals surface area contributed by atoms with Crippen molar-refractivity contribution in [3.05, 3.63) is 78.6 Å². The number of carbonyl (C=O) groups is 1. The van der Waals surface area contributed by atoms with Crippen molar-refractivity contribution in [2.24, 2.45) is 11.8 Å². The molecule has 3 aromatic heterocycles. The van der Waals surface area contributed by atoms with Gasteiger partial charge in [-0.05, 0) is 55.3 Å². The van der Waals surface area contributed by atoms with Crippen LogP contribution in [0, 0.1) is 17.9 Å². The molecule has 0 aliphatic heterocycles. The molecule has 0 aliphatic carbocycles. The third kappa shape index (κ3) is 5.72. The fraction of sp³-hybridized carbons (Fsp3) is 0.294. The zero-order valence-electron chi connectivity index (χ0n) is 23.3. The van der Waals surface area contributed by atoms with E-state index in [1.54, 1.807) is 11.3 Å². The monoisotopic (exact) mass is 729 g/mol. The molecule has 0 atom stereocenters. The van der Waals surface area contributed by atoms with Gasteiger partial charge in [0.05, 0.1) is 16.9 Å². The van der Waals surface area contributed by atoms with Crippen LogP contribution in [0.1, 0.15) is 53.4 Å². The van der Waals surface area contributed by atoms with Crippen LogP contribution in [-0.4, -0.2) is 15.9 Å². The molecule has 0 saturated heterocycles. The molecule has 0 unspecified atom stereocenters. The summed E-state index contributed by atoms with van der Waals surface area (Å²) in [7, 11) is 0. The number of nitrogens with zero attached hydrogens (tertiary/aromatic N) is 1. The second-order valence-electron chi connectivity index (χ2n) is 9.95. The second kappa shape index (κ2) is 13.1. The summed E-state index contributed by atoms with van der Waals surface area (Å²) in [6.07, 6.45) is 4.91. The average molecular weight is 729 g/mol. The van der Waals surface area contributed by atoms with Crippen molar-refractivity contribution < 1.29 is 34.4 Å². The van der Waals surface area contributed by atoms with E-state index >= 15 is 0 Å². The van der Waals surface area contributed by atoms with E-state index in [-0.39, 0.29) is 43.5 Å². The maximum absolute atomic E-state index is 11.7. The van der Waals surface area contributed by atoms with E-state index in [0.29, 0.717) is 0 Å². The fourth-order valence-corrected chi connectivity index (χ4v) is 6.42. The molecule has 0 aliphatic rings. The minimum Gasteiger partial charge on any atom is -0.512 e. The first-order valence-electron chi connectivity index (χ1n) is 13.9. The maximum atomic E-state index is 11.7. The summed E-state index contributed by atoms with van der Waals surface area (Å²) in [4.78, 5) is 16.7. The number of aliphatic hydroxyl groups is 1. The van der Waals surface area contributed by atoms with Crippen LogP contribution in [-0.2, 0) is 24.9 Å². The number of carbonyl (C=O) groups excluding carboxylic acids is 1. The van der Waals surface area contributed by atoms with Gasteiger partial charge in [0.2, 0.25) is 0 Å². The van der Waals surface area contributed by atoms with Gasteiger partial charge in [0, 0.05) is 58.3 Å². The normalized spacial score (nSPS) is 12.0. The maximum Gasteiger partial charge on any atom is 0.162 e. The summed E-state index contributed by atoms with van der Waals surface area (Å²) in [5.74, 6) is 0.547. The number of furan rings is 1. The summed E-state index contributed by atoms with van der Waals surface area (Å²) < 4.78 is 8.43. The number of fused-ring (bicyclic) bond motifs is 3. The van der Waals surface area contributed by atoms with Gasteiger partial charge in [0.1, 0.15) is 5.58 Å². The SMILES string of the molecule is CCC(CC)C(=O)/C=C(\O)C(CC)CC.[Ir].[c-]1ccc2oc3cccc4sc5cc6ccccc6nc5c1c2c34. The fourth-order valence-electron chi connectivity index (χ4n) is 5.30. The van der Waals surface area contributed by atoms with E-state index in [9.17, 15) is 9.90 Å². The first-order valence-corrected chi connectivity index (χ1v) is 14.7. The molecule has 1 radical (unpaired) electrons. The number of allylic oxidation sites excluding steroid dienone is 2. The molecule has 0 amide bonds. The smallest absolute Gasteiger partial charge is 0.162 e. The largest absolute Gasteiger partial charge is 0.512 e. The molecule has 3 heterocycles. The number of hydrogen-bond acceptors (Lipinski definition) is 5. The number of aromatic nitrogens is 1. The van der Waals surface area contributed by atoms with E-state index in [0.717, 1.165) is 64.0 Å². The van der Waals surface area contributed by atoms with E-state index in [1.165, 1.54) is 20.9 Å². The van der Waals surface area contributed by atoms with Crippen LogP contribution in [0.25, 0.3) is 53.1 Å². The van der Waals surface area contributed by atoms with Crippen LogP contribution in [0.15, 0.2) is 76.9 Å². The summed E-state index contributed by atoms with van der Waals surface area (Å²) in [5, 5.41) is 14.2. The van der Waals surface area contributed by atoms with E-state index in [1.807, 2.05) is 52.0 Å². The van der Waals surface area contributed by atoms with Gasteiger partial charge < -0.3 is 9.52 Å². The van der Waals surface area contributed by atoms with Crippen molar-refractivity contribution in [1.82, 2.24) is 4.98 Å². The van der Waals surface area contributed by atoms with Crippen molar-refractivity contribution in [2.75, 3.05) is 0 Å². The zero-order chi connectivity index (χ0) is 27.5. The van der Waals surface area contributed by atoms with Crippen LogP contribution in [0.5, 0.6) is 0 Å². The van der Waals surface area contributed by atoms with Crippen LogP contribution >= 0.6 is 11.3 Å². The van der Waals surface area contributed by atoms with Gasteiger partial charge in [0.25, 0.3) is 0 Å². The molecule has 1 N–H and O–H groups in total.